The number of aromatic nitrogens is 1. The molecule has 0 fully saturated rings. The standard InChI is InChI=1S/C17H20N2O3/c1-3-4-10-14(17(21)22-2)19-16(20)13-9-5-7-12-8-6-11-18-15(12)13/h5-9,11,14H,3-4,10H2,1-2H3,(H,19,20)/t14-/m1/s1. The van der Waals surface area contributed by atoms with Crippen LogP contribution in [0, 0.1) is 0 Å². The number of ether oxygens (including phenoxy) is 1. The van der Waals surface area contributed by atoms with Gasteiger partial charge in [-0.1, -0.05) is 38.0 Å². The highest BCUT2D eigenvalue weighted by Gasteiger charge is 2.22. The van der Waals surface area contributed by atoms with Gasteiger partial charge in [-0.25, -0.2) is 4.79 Å². The summed E-state index contributed by atoms with van der Waals surface area (Å²) in [4.78, 5) is 28.5. The number of esters is 1. The van der Waals surface area contributed by atoms with E-state index < -0.39 is 12.0 Å². The number of rotatable bonds is 6. The largest absolute Gasteiger partial charge is 0.467 e. The van der Waals surface area contributed by atoms with Crippen LogP contribution in [-0.2, 0) is 9.53 Å². The average Bonchev–Trinajstić information content (AvgIpc) is 2.57. The van der Waals surface area contributed by atoms with E-state index in [0.717, 1.165) is 18.2 Å². The number of hydrogen-bond donors (Lipinski definition) is 1. The molecule has 0 radical (unpaired) electrons. The summed E-state index contributed by atoms with van der Waals surface area (Å²) in [6.45, 7) is 2.03. The number of hydrogen-bond acceptors (Lipinski definition) is 4. The van der Waals surface area contributed by atoms with E-state index in [0.29, 0.717) is 17.5 Å². The van der Waals surface area contributed by atoms with E-state index >= 15 is 0 Å². The molecule has 0 aliphatic rings. The van der Waals surface area contributed by atoms with Gasteiger partial charge in [0, 0.05) is 11.6 Å². The minimum atomic E-state index is -0.628. The van der Waals surface area contributed by atoms with Gasteiger partial charge in [-0.3, -0.25) is 9.78 Å². The first-order valence-electron chi connectivity index (χ1n) is 7.39. The number of carbonyl (C=O) groups is 2. The van der Waals surface area contributed by atoms with Crippen LogP contribution in [0.2, 0.25) is 0 Å². The normalized spacial score (nSPS) is 11.9. The van der Waals surface area contributed by atoms with Crippen molar-refractivity contribution in [1.29, 1.82) is 0 Å². The maximum absolute atomic E-state index is 12.5. The number of nitrogens with zero attached hydrogens (tertiary/aromatic N) is 1. The summed E-state index contributed by atoms with van der Waals surface area (Å²) in [6.07, 6.45) is 3.99. The van der Waals surface area contributed by atoms with Crippen molar-refractivity contribution in [3.8, 4) is 0 Å². The predicted molar refractivity (Wildman–Crippen MR) is 84.5 cm³/mol. The van der Waals surface area contributed by atoms with E-state index in [-0.39, 0.29) is 5.91 Å². The topological polar surface area (TPSA) is 68.3 Å². The summed E-state index contributed by atoms with van der Waals surface area (Å²) >= 11 is 0. The molecule has 5 heteroatoms. The number of nitrogens with one attached hydrogen (secondary N) is 1. The lowest BCUT2D eigenvalue weighted by Gasteiger charge is -2.16. The molecule has 0 bridgehead atoms. The first kappa shape index (κ1) is 15.9. The fourth-order valence-electron chi connectivity index (χ4n) is 2.32. The van der Waals surface area contributed by atoms with E-state index in [4.69, 9.17) is 4.74 Å². The molecule has 116 valence electrons. The monoisotopic (exact) mass is 300 g/mol. The molecule has 22 heavy (non-hydrogen) atoms. The quantitative estimate of drug-likeness (QED) is 0.833. The summed E-state index contributed by atoms with van der Waals surface area (Å²) < 4.78 is 4.76. The second-order valence-corrected chi connectivity index (χ2v) is 5.07. The van der Waals surface area contributed by atoms with Crippen LogP contribution in [0.3, 0.4) is 0 Å². The number of methoxy groups -OCH3 is 1. The summed E-state index contributed by atoms with van der Waals surface area (Å²) in [5.41, 5.74) is 1.09. The second kappa shape index (κ2) is 7.54. The molecule has 0 saturated carbocycles. The van der Waals surface area contributed by atoms with Gasteiger partial charge in [0.15, 0.2) is 0 Å². The third-order valence-corrected chi connectivity index (χ3v) is 3.51. The molecular formula is C17H20N2O3. The maximum atomic E-state index is 12.5. The molecule has 1 N–H and O–H groups in total. The summed E-state index contributed by atoms with van der Waals surface area (Å²) in [5.74, 6) is -0.731. The average molecular weight is 300 g/mol. The smallest absolute Gasteiger partial charge is 0.328 e. The molecule has 1 amide bonds. The Morgan fingerprint density at radius 3 is 2.77 bits per heavy atom. The number of unbranched alkanes of at least 4 members (excludes halogenated alkanes) is 1. The molecule has 0 spiro atoms. The van der Waals surface area contributed by atoms with Gasteiger partial charge in [-0.2, -0.15) is 0 Å². The van der Waals surface area contributed by atoms with Gasteiger partial charge in [0.1, 0.15) is 6.04 Å². The molecule has 5 nitrogen and oxygen atoms in total. The zero-order chi connectivity index (χ0) is 15.9. The van der Waals surface area contributed by atoms with Gasteiger partial charge < -0.3 is 10.1 Å². The number of fused-ring (bicyclic) bond motifs is 1. The van der Waals surface area contributed by atoms with Crippen molar-refractivity contribution in [3.05, 3.63) is 42.1 Å². The fraction of sp³-hybridized carbons (Fsp3) is 0.353. The molecule has 2 aromatic rings. The van der Waals surface area contributed by atoms with Crippen molar-refractivity contribution >= 4 is 22.8 Å². The van der Waals surface area contributed by atoms with Crippen LogP contribution in [0.5, 0.6) is 0 Å². The van der Waals surface area contributed by atoms with E-state index in [2.05, 4.69) is 10.3 Å². The van der Waals surface area contributed by atoms with Crippen LogP contribution in [0.25, 0.3) is 10.9 Å². The van der Waals surface area contributed by atoms with E-state index in [9.17, 15) is 9.59 Å². The van der Waals surface area contributed by atoms with Gasteiger partial charge in [0.25, 0.3) is 5.91 Å². The Bertz CT molecular complexity index is 665. The number of carbonyl (C=O) groups excluding carboxylic acids is 2. The molecule has 1 aromatic heterocycles. The van der Waals surface area contributed by atoms with Gasteiger partial charge in [0.2, 0.25) is 0 Å². The predicted octanol–water partition coefficient (Wildman–Crippen LogP) is 2.70. The highest BCUT2D eigenvalue weighted by atomic mass is 16.5. The lowest BCUT2D eigenvalue weighted by Crippen LogP contribution is -2.41. The first-order valence-corrected chi connectivity index (χ1v) is 7.39. The third-order valence-electron chi connectivity index (χ3n) is 3.51. The first-order chi connectivity index (χ1) is 10.7. The van der Waals surface area contributed by atoms with Crippen molar-refractivity contribution in [1.82, 2.24) is 10.3 Å². The molecule has 0 aliphatic heterocycles. The highest BCUT2D eigenvalue weighted by molar-refractivity contribution is 6.06. The Hall–Kier alpha value is -2.43. The van der Waals surface area contributed by atoms with E-state index in [1.165, 1.54) is 7.11 Å². The van der Waals surface area contributed by atoms with Crippen LogP contribution >= 0.6 is 0 Å². The van der Waals surface area contributed by atoms with Crippen molar-refractivity contribution in [3.63, 3.8) is 0 Å². The minimum absolute atomic E-state index is 0.309. The van der Waals surface area contributed by atoms with Crippen molar-refractivity contribution in [2.45, 2.75) is 32.2 Å². The van der Waals surface area contributed by atoms with Crippen molar-refractivity contribution in [2.24, 2.45) is 0 Å². The Balaban J connectivity index is 2.23. The van der Waals surface area contributed by atoms with Crippen molar-refractivity contribution < 1.29 is 14.3 Å². The summed E-state index contributed by atoms with van der Waals surface area (Å²) in [7, 11) is 1.33. The van der Waals surface area contributed by atoms with Gasteiger partial charge in [0.05, 0.1) is 18.2 Å². The zero-order valence-electron chi connectivity index (χ0n) is 12.8. The third kappa shape index (κ3) is 3.61. The lowest BCUT2D eigenvalue weighted by atomic mass is 10.1. The highest BCUT2D eigenvalue weighted by Crippen LogP contribution is 2.16. The van der Waals surface area contributed by atoms with Crippen molar-refractivity contribution in [2.75, 3.05) is 7.11 Å². The SMILES string of the molecule is CCCC[C@@H](NC(=O)c1cccc2cccnc12)C(=O)OC. The van der Waals surface area contributed by atoms with Crippen LogP contribution < -0.4 is 5.32 Å². The Kier molecular flexibility index (Phi) is 5.47. The zero-order valence-corrected chi connectivity index (χ0v) is 12.8. The Labute approximate surface area is 129 Å². The molecule has 0 unspecified atom stereocenters. The summed E-state index contributed by atoms with van der Waals surface area (Å²) in [6, 6.07) is 8.50. The number of benzene rings is 1. The molecule has 1 heterocycles. The van der Waals surface area contributed by atoms with Gasteiger partial charge in [-0.05, 0) is 18.6 Å². The van der Waals surface area contributed by atoms with E-state index in [1.54, 1.807) is 18.3 Å². The van der Waals surface area contributed by atoms with Crippen LogP contribution in [-0.4, -0.2) is 30.0 Å². The van der Waals surface area contributed by atoms with Crippen LogP contribution in [0.4, 0.5) is 0 Å². The van der Waals surface area contributed by atoms with Crippen LogP contribution in [0.1, 0.15) is 36.5 Å². The van der Waals surface area contributed by atoms with Gasteiger partial charge >= 0.3 is 5.97 Å². The number of pyridine rings is 1. The maximum Gasteiger partial charge on any atom is 0.328 e. The summed E-state index contributed by atoms with van der Waals surface area (Å²) in [5, 5.41) is 3.64. The Morgan fingerprint density at radius 2 is 2.05 bits per heavy atom. The molecule has 2 rings (SSSR count). The Morgan fingerprint density at radius 1 is 1.27 bits per heavy atom. The molecular weight excluding hydrogens is 280 g/mol. The molecule has 0 aliphatic carbocycles. The van der Waals surface area contributed by atoms with E-state index in [1.807, 2.05) is 25.1 Å². The fourth-order valence-corrected chi connectivity index (χ4v) is 2.32. The molecule has 1 atom stereocenters. The van der Waals surface area contributed by atoms with Crippen LogP contribution in [0.15, 0.2) is 36.5 Å². The molecule has 0 saturated heterocycles. The number of para-hydroxylation sites is 1. The lowest BCUT2D eigenvalue weighted by molar-refractivity contribution is -0.143. The number of amides is 1. The van der Waals surface area contributed by atoms with Gasteiger partial charge in [-0.15, -0.1) is 0 Å². The second-order valence-electron chi connectivity index (χ2n) is 5.07. The minimum Gasteiger partial charge on any atom is -0.467 e. The molecule has 1 aromatic carbocycles.